The van der Waals surface area contributed by atoms with Crippen LogP contribution in [0.2, 0.25) is 0 Å². The summed E-state index contributed by atoms with van der Waals surface area (Å²) >= 11 is 0. The molecule has 2 heterocycles. The zero-order valence-electron chi connectivity index (χ0n) is 10.2. The van der Waals surface area contributed by atoms with Crippen LogP contribution in [0.15, 0.2) is 6.07 Å². The molecular formula is C12H19N5. The number of hydrogen-bond acceptors (Lipinski definition) is 5. The Morgan fingerprint density at radius 3 is 2.82 bits per heavy atom. The zero-order valence-corrected chi connectivity index (χ0v) is 10.2. The molecule has 5 heteroatoms. The fraction of sp³-hybridized carbons (Fsp3) is 0.667. The molecule has 17 heavy (non-hydrogen) atoms. The third kappa shape index (κ3) is 2.34. The Morgan fingerprint density at radius 1 is 1.41 bits per heavy atom. The van der Waals surface area contributed by atoms with Crippen LogP contribution in [0.1, 0.15) is 18.5 Å². The summed E-state index contributed by atoms with van der Waals surface area (Å²) in [5, 5.41) is 3.26. The molecule has 0 radical (unpaired) electrons. The second-order valence-corrected chi connectivity index (χ2v) is 5.11. The molecule has 0 amide bonds. The van der Waals surface area contributed by atoms with Gasteiger partial charge in [-0.3, -0.25) is 0 Å². The van der Waals surface area contributed by atoms with Crippen LogP contribution in [0.3, 0.4) is 0 Å². The summed E-state index contributed by atoms with van der Waals surface area (Å²) in [6.45, 7) is 2.02. The van der Waals surface area contributed by atoms with Crippen molar-refractivity contribution < 1.29 is 0 Å². The van der Waals surface area contributed by atoms with Crippen LogP contribution in [0.5, 0.6) is 0 Å². The van der Waals surface area contributed by atoms with E-state index in [0.717, 1.165) is 36.9 Å². The van der Waals surface area contributed by atoms with Crippen LogP contribution in [0, 0.1) is 5.92 Å². The molecule has 1 saturated carbocycles. The van der Waals surface area contributed by atoms with Crippen LogP contribution < -0.4 is 16.0 Å². The Labute approximate surface area is 101 Å². The molecule has 3 rings (SSSR count). The minimum absolute atomic E-state index is 0.408. The van der Waals surface area contributed by atoms with Gasteiger partial charge >= 0.3 is 0 Å². The molecule has 5 nitrogen and oxygen atoms in total. The minimum Gasteiger partial charge on any atom is -0.368 e. The van der Waals surface area contributed by atoms with E-state index < -0.39 is 0 Å². The van der Waals surface area contributed by atoms with Gasteiger partial charge in [-0.05, 0) is 32.2 Å². The highest BCUT2D eigenvalue weighted by Gasteiger charge is 2.28. The first-order chi connectivity index (χ1) is 8.24. The molecule has 0 unspecified atom stereocenters. The van der Waals surface area contributed by atoms with Crippen molar-refractivity contribution in [2.45, 2.75) is 25.3 Å². The van der Waals surface area contributed by atoms with E-state index in [9.17, 15) is 0 Å². The van der Waals surface area contributed by atoms with Gasteiger partial charge in [0.1, 0.15) is 5.82 Å². The topological polar surface area (TPSA) is 67.1 Å². The quantitative estimate of drug-likeness (QED) is 0.789. The van der Waals surface area contributed by atoms with E-state index in [1.165, 1.54) is 12.8 Å². The van der Waals surface area contributed by atoms with Gasteiger partial charge < -0.3 is 16.0 Å². The van der Waals surface area contributed by atoms with Crippen molar-refractivity contribution in [2.75, 3.05) is 30.8 Å². The molecule has 1 aliphatic carbocycles. The number of nitrogens with zero attached hydrogens (tertiary/aromatic N) is 3. The number of anilines is 2. The number of aromatic nitrogens is 2. The van der Waals surface area contributed by atoms with E-state index >= 15 is 0 Å². The summed E-state index contributed by atoms with van der Waals surface area (Å²) in [5.41, 5.74) is 6.87. The maximum absolute atomic E-state index is 5.77. The van der Waals surface area contributed by atoms with E-state index in [1.807, 2.05) is 7.05 Å². The summed E-state index contributed by atoms with van der Waals surface area (Å²) in [5.74, 6) is 2.23. The number of likely N-dealkylation sites (N-methyl/N-ethyl adjacent to an activating group) is 1. The van der Waals surface area contributed by atoms with Gasteiger partial charge in [-0.1, -0.05) is 0 Å². The number of nitrogens with one attached hydrogen (secondary N) is 1. The van der Waals surface area contributed by atoms with E-state index in [2.05, 4.69) is 26.3 Å². The van der Waals surface area contributed by atoms with Gasteiger partial charge in [-0.25, -0.2) is 4.98 Å². The molecular weight excluding hydrogens is 214 g/mol. The zero-order chi connectivity index (χ0) is 11.8. The van der Waals surface area contributed by atoms with Gasteiger partial charge in [0.2, 0.25) is 5.95 Å². The van der Waals surface area contributed by atoms with Crippen LogP contribution >= 0.6 is 0 Å². The van der Waals surface area contributed by atoms with E-state index in [-0.39, 0.29) is 0 Å². The fourth-order valence-electron chi connectivity index (χ4n) is 2.24. The van der Waals surface area contributed by atoms with Crippen molar-refractivity contribution in [2.24, 2.45) is 5.92 Å². The number of nitrogen functional groups attached to an aromatic ring is 1. The van der Waals surface area contributed by atoms with Gasteiger partial charge in [-0.15, -0.1) is 0 Å². The highest BCUT2D eigenvalue weighted by Crippen LogP contribution is 2.33. The number of nitrogens with two attached hydrogens (primary N) is 1. The summed E-state index contributed by atoms with van der Waals surface area (Å²) < 4.78 is 0. The molecule has 1 aromatic rings. The van der Waals surface area contributed by atoms with Gasteiger partial charge in [0.05, 0.1) is 0 Å². The Balaban J connectivity index is 1.72. The molecule has 0 atom stereocenters. The average Bonchev–Trinajstić information content (AvgIpc) is 2.99. The molecule has 0 spiro atoms. The molecule has 1 aliphatic heterocycles. The Bertz CT molecular complexity index is 409. The van der Waals surface area contributed by atoms with Gasteiger partial charge in [0.15, 0.2) is 0 Å². The molecule has 1 aromatic heterocycles. The van der Waals surface area contributed by atoms with Crippen molar-refractivity contribution >= 4 is 11.8 Å². The molecule has 0 aromatic carbocycles. The first-order valence-electron chi connectivity index (χ1n) is 6.30. The van der Waals surface area contributed by atoms with Crippen LogP contribution in [0.4, 0.5) is 11.8 Å². The monoisotopic (exact) mass is 233 g/mol. The Kier molecular flexibility index (Phi) is 2.63. The van der Waals surface area contributed by atoms with Crippen molar-refractivity contribution in [3.8, 4) is 0 Å². The summed E-state index contributed by atoms with van der Waals surface area (Å²) in [7, 11) is 1.99. The van der Waals surface area contributed by atoms with E-state index in [4.69, 9.17) is 5.73 Å². The van der Waals surface area contributed by atoms with Crippen LogP contribution in [0.25, 0.3) is 0 Å². The first kappa shape index (κ1) is 10.8. The highest BCUT2D eigenvalue weighted by molar-refractivity contribution is 5.46. The van der Waals surface area contributed by atoms with Gasteiger partial charge in [0.25, 0.3) is 0 Å². The highest BCUT2D eigenvalue weighted by atomic mass is 15.3. The van der Waals surface area contributed by atoms with Crippen LogP contribution in [-0.4, -0.2) is 36.1 Å². The minimum atomic E-state index is 0.408. The largest absolute Gasteiger partial charge is 0.368 e. The lowest BCUT2D eigenvalue weighted by molar-refractivity contribution is 0.447. The van der Waals surface area contributed by atoms with E-state index in [0.29, 0.717) is 12.0 Å². The van der Waals surface area contributed by atoms with Crippen molar-refractivity contribution in [3.63, 3.8) is 0 Å². The predicted molar refractivity (Wildman–Crippen MR) is 67.9 cm³/mol. The lowest BCUT2D eigenvalue weighted by Crippen LogP contribution is -2.57. The van der Waals surface area contributed by atoms with Crippen LogP contribution in [-0.2, 0) is 6.42 Å². The third-order valence-corrected chi connectivity index (χ3v) is 3.59. The maximum Gasteiger partial charge on any atom is 0.222 e. The molecule has 1 saturated heterocycles. The lowest BCUT2D eigenvalue weighted by Gasteiger charge is -2.40. The van der Waals surface area contributed by atoms with E-state index in [1.54, 1.807) is 0 Å². The summed E-state index contributed by atoms with van der Waals surface area (Å²) in [6.07, 6.45) is 3.73. The predicted octanol–water partition coefficient (Wildman–Crippen LogP) is 0.419. The normalized spacial score (nSPS) is 20.4. The third-order valence-electron chi connectivity index (χ3n) is 3.59. The number of hydrogen-bond donors (Lipinski definition) is 2. The molecule has 3 N–H and O–H groups in total. The second-order valence-electron chi connectivity index (χ2n) is 5.11. The summed E-state index contributed by atoms with van der Waals surface area (Å²) in [4.78, 5) is 10.9. The smallest absolute Gasteiger partial charge is 0.222 e. The molecule has 0 bridgehead atoms. The molecule has 2 fully saturated rings. The first-order valence-corrected chi connectivity index (χ1v) is 6.30. The van der Waals surface area contributed by atoms with Crippen molar-refractivity contribution in [1.82, 2.24) is 15.3 Å². The lowest BCUT2D eigenvalue weighted by atomic mass is 10.1. The maximum atomic E-state index is 5.77. The molecule has 2 aliphatic rings. The van der Waals surface area contributed by atoms with Gasteiger partial charge in [-0.2, -0.15) is 4.98 Å². The summed E-state index contributed by atoms with van der Waals surface area (Å²) in [6, 6.07) is 2.68. The number of rotatable bonds is 4. The SMILES string of the molecule is CNC1CN(c2cc(CC3CC3)nc(N)n2)C1. The Morgan fingerprint density at radius 2 is 2.18 bits per heavy atom. The Hall–Kier alpha value is -1.36. The van der Waals surface area contributed by atoms with Crippen molar-refractivity contribution in [3.05, 3.63) is 11.8 Å². The fourth-order valence-corrected chi connectivity index (χ4v) is 2.24. The average molecular weight is 233 g/mol. The standard InChI is InChI=1S/C12H19N5/c1-14-10-6-17(7-10)11-5-9(4-8-2-3-8)15-12(13)16-11/h5,8,10,14H,2-4,6-7H2,1H3,(H2,13,15,16). The second kappa shape index (κ2) is 4.14. The van der Waals surface area contributed by atoms with Crippen molar-refractivity contribution in [1.29, 1.82) is 0 Å². The molecule has 92 valence electrons. The van der Waals surface area contributed by atoms with Gasteiger partial charge in [0, 0.05) is 30.9 Å².